The van der Waals surface area contributed by atoms with Crippen LogP contribution < -0.4 is 4.90 Å². The van der Waals surface area contributed by atoms with Crippen molar-refractivity contribution in [3.8, 4) is 0 Å². The number of benzene rings is 1. The smallest absolute Gasteiger partial charge is 0.191 e. The number of thiazole rings is 1. The van der Waals surface area contributed by atoms with Crippen LogP contribution in [-0.4, -0.2) is 17.0 Å². The van der Waals surface area contributed by atoms with Crippen molar-refractivity contribution in [1.29, 1.82) is 0 Å². The second-order valence-electron chi connectivity index (χ2n) is 3.04. The average Bonchev–Trinajstić information content (AvgIpc) is 2.59. The summed E-state index contributed by atoms with van der Waals surface area (Å²) in [6, 6.07) is 8.11. The Hall–Kier alpha value is -1.00. The predicted octanol–water partition coefficient (Wildman–Crippen LogP) is 3.08. The highest BCUT2D eigenvalue weighted by Gasteiger charge is 2.08. The molecule has 0 saturated heterocycles. The van der Waals surface area contributed by atoms with E-state index in [4.69, 9.17) is 12.2 Å². The monoisotopic (exact) mass is 222 g/mol. The van der Waals surface area contributed by atoms with Gasteiger partial charge >= 0.3 is 0 Å². The van der Waals surface area contributed by atoms with E-state index in [9.17, 15) is 0 Å². The van der Waals surface area contributed by atoms with Gasteiger partial charge in [-0.2, -0.15) is 0 Å². The van der Waals surface area contributed by atoms with Gasteiger partial charge in [0, 0.05) is 7.05 Å². The lowest BCUT2D eigenvalue weighted by molar-refractivity contribution is 1.24. The van der Waals surface area contributed by atoms with Gasteiger partial charge in [-0.1, -0.05) is 35.7 Å². The van der Waals surface area contributed by atoms with Gasteiger partial charge in [0.05, 0.1) is 15.2 Å². The molecule has 0 saturated carbocycles. The lowest BCUT2D eigenvalue weighted by Gasteiger charge is -2.12. The highest BCUT2D eigenvalue weighted by Crippen LogP contribution is 2.27. The first-order valence-electron chi connectivity index (χ1n) is 4.28. The number of fused-ring (bicyclic) bond motifs is 1. The molecule has 0 aliphatic heterocycles. The number of aromatic nitrogens is 1. The fourth-order valence-corrected chi connectivity index (χ4v) is 2.26. The molecule has 0 atom stereocenters. The second kappa shape index (κ2) is 3.63. The molecule has 1 aromatic heterocycles. The first-order chi connectivity index (χ1) is 6.68. The molecule has 14 heavy (non-hydrogen) atoms. The lowest BCUT2D eigenvalue weighted by Crippen LogP contribution is -2.20. The Balaban J connectivity index is 2.50. The zero-order chi connectivity index (χ0) is 10.1. The number of para-hydroxylation sites is 1. The van der Waals surface area contributed by atoms with Crippen molar-refractivity contribution in [1.82, 2.24) is 4.98 Å². The summed E-state index contributed by atoms with van der Waals surface area (Å²) in [5.74, 6) is 0. The van der Waals surface area contributed by atoms with Gasteiger partial charge in [0.1, 0.15) is 0 Å². The van der Waals surface area contributed by atoms with Gasteiger partial charge in [0.2, 0.25) is 0 Å². The third-order valence-electron chi connectivity index (χ3n) is 2.04. The number of thiocarbonyl (C=S) groups is 1. The van der Waals surface area contributed by atoms with Gasteiger partial charge in [0.25, 0.3) is 0 Å². The van der Waals surface area contributed by atoms with Crippen LogP contribution in [0.4, 0.5) is 5.13 Å². The summed E-state index contributed by atoms with van der Waals surface area (Å²) in [5.41, 5.74) is 1.04. The van der Waals surface area contributed by atoms with E-state index in [1.165, 1.54) is 4.70 Å². The highest BCUT2D eigenvalue weighted by atomic mass is 32.1. The van der Waals surface area contributed by atoms with E-state index in [1.807, 2.05) is 37.1 Å². The Bertz CT molecular complexity index is 443. The van der Waals surface area contributed by atoms with E-state index in [2.05, 4.69) is 11.1 Å². The Kier molecular flexibility index (Phi) is 2.48. The summed E-state index contributed by atoms with van der Waals surface area (Å²) < 4.78 is 1.20. The first-order valence-corrected chi connectivity index (χ1v) is 5.51. The van der Waals surface area contributed by atoms with E-state index >= 15 is 0 Å². The van der Waals surface area contributed by atoms with Crippen LogP contribution in [0.1, 0.15) is 6.92 Å². The minimum atomic E-state index is 0.837. The molecular formula is C10H10N2S2. The molecule has 0 bridgehead atoms. The van der Waals surface area contributed by atoms with Crippen molar-refractivity contribution in [3.63, 3.8) is 0 Å². The fraction of sp³-hybridized carbons (Fsp3) is 0.200. The third kappa shape index (κ3) is 1.63. The van der Waals surface area contributed by atoms with Crippen molar-refractivity contribution in [2.45, 2.75) is 6.92 Å². The average molecular weight is 222 g/mol. The second-order valence-corrected chi connectivity index (χ2v) is 4.64. The Morgan fingerprint density at radius 2 is 2.14 bits per heavy atom. The lowest BCUT2D eigenvalue weighted by atomic mass is 10.3. The summed E-state index contributed by atoms with van der Waals surface area (Å²) >= 11 is 6.76. The van der Waals surface area contributed by atoms with E-state index in [0.717, 1.165) is 15.6 Å². The molecule has 2 nitrogen and oxygen atoms in total. The first kappa shape index (κ1) is 9.55. The van der Waals surface area contributed by atoms with Gasteiger partial charge in [-0.25, -0.2) is 4.98 Å². The normalized spacial score (nSPS) is 10.4. The SMILES string of the molecule is CC(=S)N(C)c1nc2ccccc2s1. The van der Waals surface area contributed by atoms with Gasteiger partial charge in [-0.15, -0.1) is 0 Å². The van der Waals surface area contributed by atoms with Gasteiger partial charge < -0.3 is 4.90 Å². The molecule has 0 N–H and O–H groups in total. The molecule has 0 aliphatic carbocycles. The highest BCUT2D eigenvalue weighted by molar-refractivity contribution is 7.80. The summed E-state index contributed by atoms with van der Waals surface area (Å²) in [7, 11) is 1.94. The van der Waals surface area contributed by atoms with Gasteiger partial charge in [-0.3, -0.25) is 0 Å². The maximum atomic E-state index is 5.10. The number of nitrogens with zero attached hydrogens (tertiary/aromatic N) is 2. The molecule has 0 aliphatic rings. The molecule has 1 aromatic carbocycles. The van der Waals surface area contributed by atoms with E-state index < -0.39 is 0 Å². The van der Waals surface area contributed by atoms with E-state index in [-0.39, 0.29) is 0 Å². The summed E-state index contributed by atoms with van der Waals surface area (Å²) in [5, 5.41) is 0.957. The standard InChI is InChI=1S/C10H10N2S2/c1-7(13)12(2)10-11-8-5-3-4-6-9(8)14-10/h3-6H,1-2H3. The van der Waals surface area contributed by atoms with Crippen LogP contribution in [0, 0.1) is 0 Å². The predicted molar refractivity (Wildman–Crippen MR) is 66.3 cm³/mol. The molecule has 0 radical (unpaired) electrons. The van der Waals surface area contributed by atoms with Crippen LogP contribution in [0.2, 0.25) is 0 Å². The topological polar surface area (TPSA) is 16.1 Å². The maximum absolute atomic E-state index is 5.10. The third-order valence-corrected chi connectivity index (χ3v) is 3.43. The molecule has 0 spiro atoms. The fourth-order valence-electron chi connectivity index (χ4n) is 1.14. The van der Waals surface area contributed by atoms with Crippen molar-refractivity contribution in [3.05, 3.63) is 24.3 Å². The zero-order valence-corrected chi connectivity index (χ0v) is 9.65. The van der Waals surface area contributed by atoms with Crippen LogP contribution in [0.15, 0.2) is 24.3 Å². The molecule has 0 fully saturated rings. The Morgan fingerprint density at radius 1 is 1.43 bits per heavy atom. The van der Waals surface area contributed by atoms with Crippen molar-refractivity contribution in [2.75, 3.05) is 11.9 Å². The molecule has 4 heteroatoms. The van der Waals surface area contributed by atoms with Crippen LogP contribution in [0.25, 0.3) is 10.2 Å². The van der Waals surface area contributed by atoms with Gasteiger partial charge in [-0.05, 0) is 19.1 Å². The van der Waals surface area contributed by atoms with Gasteiger partial charge in [0.15, 0.2) is 5.13 Å². The molecule has 2 aromatic rings. The van der Waals surface area contributed by atoms with Crippen LogP contribution in [0.5, 0.6) is 0 Å². The van der Waals surface area contributed by atoms with Crippen molar-refractivity contribution >= 4 is 43.9 Å². The summed E-state index contributed by atoms with van der Waals surface area (Å²) in [4.78, 5) is 7.26. The molecule has 0 unspecified atom stereocenters. The number of hydrogen-bond acceptors (Lipinski definition) is 3. The van der Waals surface area contributed by atoms with Crippen LogP contribution in [-0.2, 0) is 0 Å². The molecular weight excluding hydrogens is 212 g/mol. The summed E-state index contributed by atoms with van der Waals surface area (Å²) in [6.07, 6.45) is 0. The van der Waals surface area contributed by atoms with Crippen molar-refractivity contribution in [2.24, 2.45) is 0 Å². The largest absolute Gasteiger partial charge is 0.315 e. The zero-order valence-electron chi connectivity index (χ0n) is 8.02. The van der Waals surface area contributed by atoms with E-state index in [0.29, 0.717) is 0 Å². The maximum Gasteiger partial charge on any atom is 0.191 e. The molecule has 1 heterocycles. The number of anilines is 1. The molecule has 0 amide bonds. The number of rotatable bonds is 1. The Morgan fingerprint density at radius 3 is 2.79 bits per heavy atom. The number of hydrogen-bond donors (Lipinski definition) is 0. The minimum Gasteiger partial charge on any atom is -0.315 e. The van der Waals surface area contributed by atoms with E-state index in [1.54, 1.807) is 11.3 Å². The van der Waals surface area contributed by atoms with Crippen LogP contribution >= 0.6 is 23.6 Å². The van der Waals surface area contributed by atoms with Crippen molar-refractivity contribution < 1.29 is 0 Å². The van der Waals surface area contributed by atoms with Crippen LogP contribution in [0.3, 0.4) is 0 Å². The quantitative estimate of drug-likeness (QED) is 0.690. The Labute approximate surface area is 92.2 Å². The molecule has 72 valence electrons. The summed E-state index contributed by atoms with van der Waals surface area (Å²) in [6.45, 7) is 1.90. The minimum absolute atomic E-state index is 0.837. The molecule has 2 rings (SSSR count).